The summed E-state index contributed by atoms with van der Waals surface area (Å²) in [7, 11) is -3.73. The zero-order chi connectivity index (χ0) is 49.1. The van der Waals surface area contributed by atoms with E-state index in [0.717, 1.165) is 17.0 Å². The van der Waals surface area contributed by atoms with Crippen molar-refractivity contribution < 1.29 is 74.8 Å². The number of hydrogen-bond acceptors (Lipinski definition) is 14. The van der Waals surface area contributed by atoms with Crippen molar-refractivity contribution in [3.8, 4) is 0 Å². The average Bonchev–Trinajstić information content (AvgIpc) is 3.97. The van der Waals surface area contributed by atoms with Crippen LogP contribution in [-0.2, 0) is 65.7 Å². The van der Waals surface area contributed by atoms with Crippen LogP contribution in [0.4, 0.5) is 14.5 Å². The second-order valence-electron chi connectivity index (χ2n) is 16.6. The van der Waals surface area contributed by atoms with Crippen LogP contribution in [-0.4, -0.2) is 149 Å². The molecule has 22 heteroatoms. The summed E-state index contributed by atoms with van der Waals surface area (Å²) in [6, 6.07) is 12.9. The van der Waals surface area contributed by atoms with Crippen molar-refractivity contribution in [1.82, 2.24) is 20.5 Å². The first-order chi connectivity index (χ1) is 33.2. The van der Waals surface area contributed by atoms with Gasteiger partial charge in [-0.05, 0) is 79.3 Å². The van der Waals surface area contributed by atoms with E-state index < -0.39 is 68.6 Å². The number of ether oxygens (including phenoxy) is 5. The molecule has 0 bridgehead atoms. The van der Waals surface area contributed by atoms with Crippen molar-refractivity contribution in [3.63, 3.8) is 0 Å². The number of sulfone groups is 1. The lowest BCUT2D eigenvalue weighted by molar-refractivity contribution is -0.149. The monoisotopic (exact) mass is 981 g/mol. The van der Waals surface area contributed by atoms with Gasteiger partial charge in [0.1, 0.15) is 22.7 Å². The largest absolute Gasteiger partial charge is 0.379 e. The number of aromatic amines is 1. The quantitative estimate of drug-likeness (QED) is 0.0401. The normalized spacial score (nSPS) is 18.4. The number of hydrogen-bond donors (Lipinski definition) is 4. The van der Waals surface area contributed by atoms with E-state index in [1.165, 1.54) is 11.0 Å². The van der Waals surface area contributed by atoms with E-state index in [4.69, 9.17) is 23.7 Å². The SMILES string of the molecule is O=C1CCC(N2C(=O)c3cccc(CCCOCCOCCOCCOCCOCCCS(=O)(=O)c4cc5cc(N6CCC(O)(C(=O)NCc7cc(F)cc(F)c7)C6=O)ccc5[nH]4)c3C2=O)C(=O)N1. The van der Waals surface area contributed by atoms with Crippen molar-refractivity contribution in [3.05, 3.63) is 94.6 Å². The molecule has 3 aromatic carbocycles. The fraction of sp³-hybridized carbons (Fsp3) is 0.447. The summed E-state index contributed by atoms with van der Waals surface area (Å²) in [5.74, 6) is -5.90. The lowest BCUT2D eigenvalue weighted by Crippen LogP contribution is -2.54. The first-order valence-corrected chi connectivity index (χ1v) is 24.2. The number of fused-ring (bicyclic) bond motifs is 2. The topological polar surface area (TPSA) is 249 Å². The van der Waals surface area contributed by atoms with E-state index in [2.05, 4.69) is 15.6 Å². The Labute approximate surface area is 395 Å². The lowest BCUT2D eigenvalue weighted by atomic mass is 9.99. The highest BCUT2D eigenvalue weighted by Gasteiger charge is 2.52. The molecule has 4 N–H and O–H groups in total. The van der Waals surface area contributed by atoms with Crippen LogP contribution in [0, 0.1) is 11.6 Å². The van der Waals surface area contributed by atoms with Gasteiger partial charge >= 0.3 is 0 Å². The van der Waals surface area contributed by atoms with E-state index in [1.807, 2.05) is 0 Å². The van der Waals surface area contributed by atoms with Crippen molar-refractivity contribution in [2.75, 3.05) is 83.3 Å². The van der Waals surface area contributed by atoms with Crippen LogP contribution < -0.4 is 15.5 Å². The summed E-state index contributed by atoms with van der Waals surface area (Å²) >= 11 is 0. The number of carbonyl (C=O) groups excluding carboxylic acids is 6. The number of H-pyrrole nitrogens is 1. The van der Waals surface area contributed by atoms with Gasteiger partial charge in [0.05, 0.1) is 69.7 Å². The second kappa shape index (κ2) is 23.1. The van der Waals surface area contributed by atoms with Gasteiger partial charge in [-0.1, -0.05) is 12.1 Å². The molecule has 2 fully saturated rings. The van der Waals surface area contributed by atoms with Crippen LogP contribution in [0.5, 0.6) is 0 Å². The Morgan fingerprint density at radius 2 is 1.43 bits per heavy atom. The van der Waals surface area contributed by atoms with E-state index in [-0.39, 0.29) is 86.1 Å². The summed E-state index contributed by atoms with van der Waals surface area (Å²) in [4.78, 5) is 81.4. The Bertz CT molecular complexity index is 2660. The third kappa shape index (κ3) is 12.4. The van der Waals surface area contributed by atoms with E-state index in [1.54, 1.807) is 36.4 Å². The zero-order valence-electron chi connectivity index (χ0n) is 37.6. The van der Waals surface area contributed by atoms with Crippen LogP contribution >= 0.6 is 0 Å². The molecule has 3 aliphatic heterocycles. The van der Waals surface area contributed by atoms with Crippen LogP contribution in [0.2, 0.25) is 0 Å². The van der Waals surface area contributed by atoms with Gasteiger partial charge in [0, 0.05) is 61.8 Å². The molecule has 7 rings (SSSR count). The molecule has 3 aliphatic rings. The molecule has 4 heterocycles. The number of rotatable bonds is 26. The van der Waals surface area contributed by atoms with Crippen LogP contribution in [0.1, 0.15) is 63.9 Å². The Kier molecular flexibility index (Phi) is 17.0. The van der Waals surface area contributed by atoms with Crippen molar-refractivity contribution >= 4 is 61.9 Å². The molecule has 4 aromatic rings. The van der Waals surface area contributed by atoms with Crippen LogP contribution in [0.15, 0.2) is 65.7 Å². The molecule has 0 aliphatic carbocycles. The van der Waals surface area contributed by atoms with E-state index in [0.29, 0.717) is 87.3 Å². The van der Waals surface area contributed by atoms with Gasteiger partial charge in [-0.15, -0.1) is 0 Å². The Morgan fingerprint density at radius 1 is 0.797 bits per heavy atom. The maximum absolute atomic E-state index is 13.5. The van der Waals surface area contributed by atoms with Gasteiger partial charge in [0.25, 0.3) is 23.6 Å². The summed E-state index contributed by atoms with van der Waals surface area (Å²) in [5, 5.41) is 16.0. The van der Waals surface area contributed by atoms with Crippen LogP contribution in [0.25, 0.3) is 10.9 Å². The highest BCUT2D eigenvalue weighted by molar-refractivity contribution is 7.91. The highest BCUT2D eigenvalue weighted by atomic mass is 32.2. The van der Waals surface area contributed by atoms with Crippen molar-refractivity contribution in [2.45, 2.75) is 61.7 Å². The molecule has 370 valence electrons. The Balaban J connectivity index is 0.696. The van der Waals surface area contributed by atoms with Gasteiger partial charge in [-0.3, -0.25) is 39.0 Å². The number of aryl methyl sites for hydroxylation is 1. The fourth-order valence-electron chi connectivity index (χ4n) is 8.23. The molecule has 6 amide bonds. The van der Waals surface area contributed by atoms with Gasteiger partial charge in [0.2, 0.25) is 17.4 Å². The molecule has 19 nitrogen and oxygen atoms in total. The fourth-order valence-corrected chi connectivity index (χ4v) is 9.52. The number of nitrogens with one attached hydrogen (secondary N) is 3. The number of aliphatic hydroxyl groups is 1. The lowest BCUT2D eigenvalue weighted by Gasteiger charge is -2.27. The molecule has 0 spiro atoms. The summed E-state index contributed by atoms with van der Waals surface area (Å²) in [5.41, 5.74) is -0.230. The minimum atomic E-state index is -3.73. The first kappa shape index (κ1) is 50.9. The van der Waals surface area contributed by atoms with Gasteiger partial charge in [-0.2, -0.15) is 0 Å². The number of benzene rings is 3. The standard InChI is InChI=1S/C47H53F2N5O14S/c48-33-24-30(25-34(49)28-33)29-50-45(59)47(61)11-12-53(46(47)60)35-7-8-37-32(26-35)27-40(51-37)69(62,63)23-3-14-65-16-18-67-20-22-68-21-19-66-17-15-64-13-2-5-31-4-1-6-36-41(31)44(58)54(43(36)57)38-9-10-39(55)52-42(38)56/h1,4,6-8,24-28,38,51,61H,2-3,5,9-23,29H2,(H,50,59)(H,52,55,56). The predicted molar refractivity (Wildman–Crippen MR) is 241 cm³/mol. The number of imide groups is 2. The maximum Gasteiger partial charge on any atom is 0.268 e. The van der Waals surface area contributed by atoms with E-state index in [9.17, 15) is 51.1 Å². The third-order valence-corrected chi connectivity index (χ3v) is 13.5. The van der Waals surface area contributed by atoms with Gasteiger partial charge in [-0.25, -0.2) is 17.2 Å². The average molecular weight is 982 g/mol. The molecule has 0 radical (unpaired) electrons. The highest BCUT2D eigenvalue weighted by Crippen LogP contribution is 2.33. The third-order valence-electron chi connectivity index (χ3n) is 11.8. The predicted octanol–water partition coefficient (Wildman–Crippen LogP) is 2.51. The summed E-state index contributed by atoms with van der Waals surface area (Å²) in [6.07, 6.45) is 1.21. The Morgan fingerprint density at radius 3 is 2.09 bits per heavy atom. The molecule has 2 unspecified atom stereocenters. The number of carbonyl (C=O) groups is 6. The number of amides is 6. The summed E-state index contributed by atoms with van der Waals surface area (Å²) in [6.45, 7) is 2.88. The van der Waals surface area contributed by atoms with E-state index >= 15 is 0 Å². The number of halogens is 2. The molecule has 1 aromatic heterocycles. The molecular weight excluding hydrogens is 929 g/mol. The number of aromatic nitrogens is 1. The maximum atomic E-state index is 13.5. The number of nitrogens with zero attached hydrogens (tertiary/aromatic N) is 2. The smallest absolute Gasteiger partial charge is 0.268 e. The summed E-state index contributed by atoms with van der Waals surface area (Å²) < 4.78 is 81.1. The second-order valence-corrected chi connectivity index (χ2v) is 18.6. The van der Waals surface area contributed by atoms with Crippen molar-refractivity contribution in [2.24, 2.45) is 0 Å². The molecule has 0 saturated carbocycles. The van der Waals surface area contributed by atoms with Crippen molar-refractivity contribution in [1.29, 1.82) is 0 Å². The molecule has 2 saturated heterocycles. The molecular formula is C47H53F2N5O14S. The number of piperidine rings is 1. The van der Waals surface area contributed by atoms with Gasteiger partial charge in [0.15, 0.2) is 9.84 Å². The van der Waals surface area contributed by atoms with Crippen LogP contribution in [0.3, 0.4) is 0 Å². The molecule has 69 heavy (non-hydrogen) atoms. The minimum Gasteiger partial charge on any atom is -0.379 e. The minimum absolute atomic E-state index is 0.00719. The van der Waals surface area contributed by atoms with Gasteiger partial charge < -0.3 is 44.0 Å². The first-order valence-electron chi connectivity index (χ1n) is 22.5. The zero-order valence-corrected chi connectivity index (χ0v) is 38.4. The molecule has 2 atom stereocenters. The Hall–Kier alpha value is -6.01. The number of anilines is 1.